The fourth-order valence-electron chi connectivity index (χ4n) is 4.35. The van der Waals surface area contributed by atoms with E-state index in [1.807, 2.05) is 6.07 Å². The maximum atomic E-state index is 12.9. The lowest BCUT2D eigenvalue weighted by Gasteiger charge is -2.30. The Morgan fingerprint density at radius 2 is 1.80 bits per heavy atom. The number of imidazole rings is 1. The molecule has 2 aromatic heterocycles. The molecule has 0 radical (unpaired) electrons. The van der Waals surface area contributed by atoms with E-state index in [1.165, 1.54) is 28.4 Å². The first-order valence-electron chi connectivity index (χ1n) is 10.2. The minimum absolute atomic E-state index is 0.128. The number of aromatic nitrogens is 3. The van der Waals surface area contributed by atoms with Crippen LogP contribution < -0.4 is 0 Å². The lowest BCUT2D eigenvalue weighted by atomic mass is 9.89. The molecule has 0 bridgehead atoms. The molecule has 1 fully saturated rings. The molecule has 6 nitrogen and oxygen atoms in total. The van der Waals surface area contributed by atoms with Crippen molar-refractivity contribution in [3.8, 4) is 11.1 Å². The molecule has 0 atom stereocenters. The van der Waals surface area contributed by atoms with Crippen molar-refractivity contribution in [1.82, 2.24) is 18.8 Å². The van der Waals surface area contributed by atoms with E-state index in [2.05, 4.69) is 58.6 Å². The molecule has 1 saturated heterocycles. The Kier molecular flexibility index (Phi) is 4.72. The number of hydrogen-bond donors (Lipinski definition) is 1. The number of sulfonamides is 1. The maximum absolute atomic E-state index is 12.9. The van der Waals surface area contributed by atoms with Crippen molar-refractivity contribution in [2.24, 2.45) is 7.05 Å². The minimum atomic E-state index is -3.53. The summed E-state index contributed by atoms with van der Waals surface area (Å²) in [4.78, 5) is 7.43. The van der Waals surface area contributed by atoms with Gasteiger partial charge in [-0.25, -0.2) is 13.4 Å². The Morgan fingerprint density at radius 1 is 1.03 bits per heavy atom. The molecule has 0 saturated carbocycles. The molecular formula is C23H24N4O2S. The van der Waals surface area contributed by atoms with Crippen molar-refractivity contribution in [2.75, 3.05) is 13.1 Å². The maximum Gasteiger partial charge on any atom is 0.262 e. The van der Waals surface area contributed by atoms with E-state index in [1.54, 1.807) is 22.1 Å². The quantitative estimate of drug-likeness (QED) is 0.539. The standard InChI is InChI=1S/C23H24N4O2S/c1-26-15-23(25-16-26)30(28,29)27-11-9-18(10-12-27)21-14-24-22-8-7-19(13-20(21)22)17-5-3-2-4-6-17/h2-8,13-16,18,24H,9-12H2,1H3. The number of nitrogens with zero attached hydrogens (tertiary/aromatic N) is 3. The number of aryl methyl sites for hydroxylation is 1. The lowest BCUT2D eigenvalue weighted by molar-refractivity contribution is 0.319. The van der Waals surface area contributed by atoms with Crippen LogP contribution in [0, 0.1) is 0 Å². The molecule has 1 aliphatic heterocycles. The monoisotopic (exact) mass is 420 g/mol. The Hall–Kier alpha value is -2.90. The number of benzene rings is 2. The largest absolute Gasteiger partial charge is 0.361 e. The van der Waals surface area contributed by atoms with Gasteiger partial charge in [-0.3, -0.25) is 0 Å². The molecule has 4 aromatic rings. The van der Waals surface area contributed by atoms with E-state index >= 15 is 0 Å². The fraction of sp³-hybridized carbons (Fsp3) is 0.261. The molecule has 0 spiro atoms. The van der Waals surface area contributed by atoms with Crippen LogP contribution in [-0.2, 0) is 17.1 Å². The van der Waals surface area contributed by atoms with Crippen LogP contribution in [0.25, 0.3) is 22.0 Å². The van der Waals surface area contributed by atoms with E-state index in [0.29, 0.717) is 19.0 Å². The predicted octanol–water partition coefficient (Wildman–Crippen LogP) is 4.14. The third kappa shape index (κ3) is 3.34. The molecule has 0 unspecified atom stereocenters. The van der Waals surface area contributed by atoms with Crippen molar-refractivity contribution in [3.63, 3.8) is 0 Å². The summed E-state index contributed by atoms with van der Waals surface area (Å²) in [6.07, 6.45) is 6.78. The van der Waals surface area contributed by atoms with Crippen molar-refractivity contribution in [1.29, 1.82) is 0 Å². The van der Waals surface area contributed by atoms with Crippen LogP contribution in [0.5, 0.6) is 0 Å². The summed E-state index contributed by atoms with van der Waals surface area (Å²) in [5.74, 6) is 0.333. The summed E-state index contributed by atoms with van der Waals surface area (Å²) >= 11 is 0. The number of aromatic amines is 1. The summed E-state index contributed by atoms with van der Waals surface area (Å²) in [5, 5.41) is 1.35. The average Bonchev–Trinajstić information content (AvgIpc) is 3.41. The molecule has 154 valence electrons. The van der Waals surface area contributed by atoms with Crippen LogP contribution in [-0.4, -0.2) is 40.3 Å². The topological polar surface area (TPSA) is 71.0 Å². The van der Waals surface area contributed by atoms with Crippen molar-refractivity contribution in [2.45, 2.75) is 23.8 Å². The third-order valence-electron chi connectivity index (χ3n) is 6.00. The Morgan fingerprint density at radius 3 is 2.50 bits per heavy atom. The second kappa shape index (κ2) is 7.41. The van der Waals surface area contributed by atoms with Gasteiger partial charge >= 0.3 is 0 Å². The van der Waals surface area contributed by atoms with Crippen LogP contribution in [0.15, 0.2) is 72.3 Å². The molecule has 1 N–H and O–H groups in total. The van der Waals surface area contributed by atoms with Crippen LogP contribution >= 0.6 is 0 Å². The van der Waals surface area contributed by atoms with Gasteiger partial charge in [0, 0.05) is 43.4 Å². The molecule has 5 rings (SSSR count). The van der Waals surface area contributed by atoms with Crippen LogP contribution in [0.1, 0.15) is 24.3 Å². The highest BCUT2D eigenvalue weighted by molar-refractivity contribution is 7.89. The predicted molar refractivity (Wildman–Crippen MR) is 118 cm³/mol. The number of hydrogen-bond acceptors (Lipinski definition) is 3. The first-order valence-corrected chi connectivity index (χ1v) is 11.6. The minimum Gasteiger partial charge on any atom is -0.361 e. The van der Waals surface area contributed by atoms with E-state index < -0.39 is 10.0 Å². The Labute approximate surface area is 176 Å². The highest BCUT2D eigenvalue weighted by atomic mass is 32.2. The van der Waals surface area contributed by atoms with Crippen LogP contribution in [0.2, 0.25) is 0 Å². The summed E-state index contributed by atoms with van der Waals surface area (Å²) < 4.78 is 28.9. The summed E-state index contributed by atoms with van der Waals surface area (Å²) in [7, 11) is -1.75. The van der Waals surface area contributed by atoms with E-state index in [0.717, 1.165) is 18.4 Å². The van der Waals surface area contributed by atoms with Crippen molar-refractivity contribution in [3.05, 3.63) is 72.8 Å². The normalized spacial score (nSPS) is 16.3. The van der Waals surface area contributed by atoms with Gasteiger partial charge < -0.3 is 9.55 Å². The highest BCUT2D eigenvalue weighted by Gasteiger charge is 2.32. The molecule has 0 aliphatic carbocycles. The zero-order valence-corrected chi connectivity index (χ0v) is 17.6. The first-order chi connectivity index (χ1) is 14.5. The highest BCUT2D eigenvalue weighted by Crippen LogP contribution is 2.36. The molecule has 30 heavy (non-hydrogen) atoms. The molecule has 7 heteroatoms. The van der Waals surface area contributed by atoms with E-state index in [4.69, 9.17) is 0 Å². The number of nitrogens with one attached hydrogen (secondary N) is 1. The van der Waals surface area contributed by atoms with Gasteiger partial charge in [-0.05, 0) is 47.6 Å². The van der Waals surface area contributed by atoms with Gasteiger partial charge in [-0.2, -0.15) is 4.31 Å². The van der Waals surface area contributed by atoms with Gasteiger partial charge in [0.05, 0.1) is 6.33 Å². The zero-order valence-electron chi connectivity index (χ0n) is 16.8. The molecule has 2 aromatic carbocycles. The van der Waals surface area contributed by atoms with Gasteiger partial charge in [0.1, 0.15) is 0 Å². The molecule has 0 amide bonds. The Balaban J connectivity index is 1.38. The average molecular weight is 421 g/mol. The summed E-state index contributed by atoms with van der Waals surface area (Å²) in [5.41, 5.74) is 4.79. The molecular weight excluding hydrogens is 396 g/mol. The number of rotatable bonds is 4. The summed E-state index contributed by atoms with van der Waals surface area (Å²) in [6.45, 7) is 1.02. The van der Waals surface area contributed by atoms with E-state index in [-0.39, 0.29) is 5.03 Å². The van der Waals surface area contributed by atoms with Gasteiger partial charge in [0.15, 0.2) is 5.03 Å². The SMILES string of the molecule is Cn1cnc(S(=O)(=O)N2CCC(c3c[nH]c4ccc(-c5ccccc5)cc34)CC2)c1. The van der Waals surface area contributed by atoms with Crippen LogP contribution in [0.4, 0.5) is 0 Å². The zero-order chi connectivity index (χ0) is 20.7. The van der Waals surface area contributed by atoms with Crippen molar-refractivity contribution >= 4 is 20.9 Å². The number of fused-ring (bicyclic) bond motifs is 1. The smallest absolute Gasteiger partial charge is 0.262 e. The van der Waals surface area contributed by atoms with Crippen molar-refractivity contribution < 1.29 is 8.42 Å². The van der Waals surface area contributed by atoms with Crippen LogP contribution in [0.3, 0.4) is 0 Å². The van der Waals surface area contributed by atoms with E-state index in [9.17, 15) is 8.42 Å². The van der Waals surface area contributed by atoms with Gasteiger partial charge in [0.2, 0.25) is 0 Å². The second-order valence-corrected chi connectivity index (χ2v) is 9.81. The van der Waals surface area contributed by atoms with Gasteiger partial charge in [-0.15, -0.1) is 0 Å². The first kappa shape index (κ1) is 19.1. The third-order valence-corrected chi connectivity index (χ3v) is 7.78. The number of piperidine rings is 1. The lowest BCUT2D eigenvalue weighted by Crippen LogP contribution is -2.38. The van der Waals surface area contributed by atoms with Gasteiger partial charge in [-0.1, -0.05) is 36.4 Å². The molecule has 3 heterocycles. The van der Waals surface area contributed by atoms with Gasteiger partial charge in [0.25, 0.3) is 10.0 Å². The fourth-order valence-corrected chi connectivity index (χ4v) is 5.79. The number of H-pyrrole nitrogens is 1. The Bertz CT molecular complexity index is 1280. The summed E-state index contributed by atoms with van der Waals surface area (Å²) in [6, 6.07) is 16.9. The molecule has 1 aliphatic rings. The second-order valence-electron chi connectivity index (χ2n) is 7.93.